The van der Waals surface area contributed by atoms with Gasteiger partial charge in [-0.05, 0) is 36.5 Å². The number of hydrogen-bond acceptors (Lipinski definition) is 2. The third kappa shape index (κ3) is 3.43. The number of anilines is 1. The number of nitrogens with one attached hydrogen (secondary N) is 1. The lowest BCUT2D eigenvalue weighted by Crippen LogP contribution is -2.60. The van der Waals surface area contributed by atoms with Crippen molar-refractivity contribution in [2.75, 3.05) is 18.4 Å². The van der Waals surface area contributed by atoms with E-state index in [2.05, 4.69) is 5.32 Å². The van der Waals surface area contributed by atoms with Gasteiger partial charge in [-0.2, -0.15) is 0 Å². The number of piperidine rings is 2. The molecule has 5 nitrogen and oxygen atoms in total. The van der Waals surface area contributed by atoms with Gasteiger partial charge in [0, 0.05) is 25.3 Å². The largest absolute Gasteiger partial charge is 0.336 e. The van der Waals surface area contributed by atoms with Crippen molar-refractivity contribution in [3.8, 4) is 0 Å². The summed E-state index contributed by atoms with van der Waals surface area (Å²) in [6, 6.07) is 18.9. The molecule has 2 bridgehead atoms. The predicted octanol–water partition coefficient (Wildman–Crippen LogP) is 3.34. The number of benzene rings is 2. The molecule has 0 aromatic heterocycles. The Labute approximate surface area is 153 Å². The first-order chi connectivity index (χ1) is 12.7. The van der Waals surface area contributed by atoms with Crippen molar-refractivity contribution in [2.45, 2.75) is 25.4 Å². The molecule has 0 unspecified atom stereocenters. The zero-order valence-corrected chi connectivity index (χ0v) is 14.7. The maximum Gasteiger partial charge on any atom is 0.322 e. The quantitative estimate of drug-likeness (QED) is 0.924. The van der Waals surface area contributed by atoms with Crippen molar-refractivity contribution >= 4 is 17.6 Å². The van der Waals surface area contributed by atoms with Gasteiger partial charge in [-0.15, -0.1) is 0 Å². The van der Waals surface area contributed by atoms with Crippen LogP contribution in [0.5, 0.6) is 0 Å². The molecule has 0 radical (unpaired) electrons. The first-order valence-corrected chi connectivity index (χ1v) is 9.16. The Bertz CT molecular complexity index is 778. The molecular weight excluding hydrogens is 326 g/mol. The van der Waals surface area contributed by atoms with Crippen LogP contribution in [0, 0.1) is 5.92 Å². The number of fused-ring (bicyclic) bond motifs is 2. The van der Waals surface area contributed by atoms with Gasteiger partial charge in [-0.1, -0.05) is 48.5 Å². The number of urea groups is 1. The maximum absolute atomic E-state index is 13.0. The zero-order chi connectivity index (χ0) is 17.9. The van der Waals surface area contributed by atoms with Gasteiger partial charge in [0.05, 0.1) is 0 Å². The fourth-order valence-electron chi connectivity index (χ4n) is 3.96. The molecule has 134 valence electrons. The highest BCUT2D eigenvalue weighted by molar-refractivity contribution is 5.94. The summed E-state index contributed by atoms with van der Waals surface area (Å²) in [5.41, 5.74) is 1.88. The van der Waals surface area contributed by atoms with E-state index in [9.17, 15) is 9.59 Å². The van der Waals surface area contributed by atoms with Gasteiger partial charge < -0.3 is 15.1 Å². The Morgan fingerprint density at radius 3 is 2.46 bits per heavy atom. The van der Waals surface area contributed by atoms with Gasteiger partial charge in [0.1, 0.15) is 6.04 Å². The summed E-state index contributed by atoms with van der Waals surface area (Å²) in [7, 11) is 0. The van der Waals surface area contributed by atoms with E-state index in [0.29, 0.717) is 19.0 Å². The van der Waals surface area contributed by atoms with Crippen LogP contribution in [0.2, 0.25) is 0 Å². The number of rotatable bonds is 3. The number of hydrogen-bond donors (Lipinski definition) is 1. The summed E-state index contributed by atoms with van der Waals surface area (Å²) in [5, 5.41) is 2.92. The molecule has 0 saturated carbocycles. The summed E-state index contributed by atoms with van der Waals surface area (Å²) < 4.78 is 0. The van der Waals surface area contributed by atoms with Crippen LogP contribution in [0.4, 0.5) is 10.5 Å². The summed E-state index contributed by atoms with van der Waals surface area (Å²) in [5.74, 6) is 0.537. The third-order valence-corrected chi connectivity index (χ3v) is 5.29. The zero-order valence-electron chi connectivity index (χ0n) is 14.7. The van der Waals surface area contributed by atoms with Crippen molar-refractivity contribution in [2.24, 2.45) is 5.92 Å². The van der Waals surface area contributed by atoms with Crippen molar-refractivity contribution in [3.63, 3.8) is 0 Å². The summed E-state index contributed by atoms with van der Waals surface area (Å²) in [6.45, 7) is 2.04. The standard InChI is InChI=1S/C21H23N3O2/c25-20-19-13-17(15-23(20)14-16-7-3-1-4-8-16)11-12-24(19)21(26)22-18-9-5-2-6-10-18/h1-10,17,19H,11-15H2,(H,22,26)/t17-,19+/m0/s1. The number of amides is 3. The Hall–Kier alpha value is -2.82. The van der Waals surface area contributed by atoms with Crippen LogP contribution in [-0.4, -0.2) is 40.9 Å². The van der Waals surface area contributed by atoms with Crippen LogP contribution in [0.3, 0.4) is 0 Å². The molecule has 4 rings (SSSR count). The van der Waals surface area contributed by atoms with Crippen molar-refractivity contribution in [1.82, 2.24) is 9.80 Å². The van der Waals surface area contributed by atoms with E-state index in [0.717, 1.165) is 30.6 Å². The molecule has 2 heterocycles. The smallest absolute Gasteiger partial charge is 0.322 e. The van der Waals surface area contributed by atoms with Crippen LogP contribution in [-0.2, 0) is 11.3 Å². The number of carbonyl (C=O) groups is 2. The van der Waals surface area contributed by atoms with Gasteiger partial charge in [-0.25, -0.2) is 4.79 Å². The number of carbonyl (C=O) groups excluding carboxylic acids is 2. The average molecular weight is 349 g/mol. The Morgan fingerprint density at radius 2 is 1.73 bits per heavy atom. The molecule has 5 heteroatoms. The van der Waals surface area contributed by atoms with Crippen molar-refractivity contribution in [3.05, 3.63) is 66.2 Å². The second kappa shape index (κ2) is 7.20. The van der Waals surface area contributed by atoms with E-state index < -0.39 is 0 Å². The molecule has 26 heavy (non-hydrogen) atoms. The third-order valence-electron chi connectivity index (χ3n) is 5.29. The number of para-hydroxylation sites is 1. The lowest BCUT2D eigenvalue weighted by Gasteiger charge is -2.46. The first-order valence-electron chi connectivity index (χ1n) is 9.16. The van der Waals surface area contributed by atoms with Crippen molar-refractivity contribution < 1.29 is 9.59 Å². The average Bonchev–Trinajstić information content (AvgIpc) is 2.67. The van der Waals surface area contributed by atoms with Gasteiger partial charge in [0.15, 0.2) is 0 Å². The minimum atomic E-state index is -0.352. The van der Waals surface area contributed by atoms with E-state index >= 15 is 0 Å². The second-order valence-corrected chi connectivity index (χ2v) is 7.10. The molecule has 2 fully saturated rings. The number of nitrogens with zero attached hydrogens (tertiary/aromatic N) is 2. The van der Waals surface area contributed by atoms with E-state index in [-0.39, 0.29) is 18.0 Å². The normalized spacial score (nSPS) is 22.2. The SMILES string of the molecule is O=C1[C@H]2C[C@H](CCN2C(=O)Nc2ccccc2)CN1Cc1ccccc1. The van der Waals surface area contributed by atoms with Crippen LogP contribution in [0.25, 0.3) is 0 Å². The Balaban J connectivity index is 1.47. The van der Waals surface area contributed by atoms with E-state index in [1.165, 1.54) is 0 Å². The lowest BCUT2D eigenvalue weighted by molar-refractivity contribution is -0.144. The summed E-state index contributed by atoms with van der Waals surface area (Å²) in [4.78, 5) is 29.4. The fourth-order valence-corrected chi connectivity index (χ4v) is 3.96. The molecular formula is C21H23N3O2. The van der Waals surface area contributed by atoms with E-state index in [1.54, 1.807) is 4.90 Å². The summed E-state index contributed by atoms with van der Waals surface area (Å²) >= 11 is 0. The molecule has 2 aliphatic heterocycles. The van der Waals surface area contributed by atoms with Crippen LogP contribution >= 0.6 is 0 Å². The van der Waals surface area contributed by atoms with Gasteiger partial charge in [0.25, 0.3) is 0 Å². The predicted molar refractivity (Wildman–Crippen MR) is 101 cm³/mol. The molecule has 0 spiro atoms. The fraction of sp³-hybridized carbons (Fsp3) is 0.333. The molecule has 2 saturated heterocycles. The highest BCUT2D eigenvalue weighted by Crippen LogP contribution is 2.31. The lowest BCUT2D eigenvalue weighted by atomic mass is 9.86. The van der Waals surface area contributed by atoms with E-state index in [4.69, 9.17) is 0 Å². The van der Waals surface area contributed by atoms with Crippen LogP contribution in [0.1, 0.15) is 18.4 Å². The Kier molecular flexibility index (Phi) is 4.61. The van der Waals surface area contributed by atoms with Gasteiger partial charge >= 0.3 is 6.03 Å². The Morgan fingerprint density at radius 1 is 1.04 bits per heavy atom. The highest BCUT2D eigenvalue weighted by atomic mass is 16.2. The second-order valence-electron chi connectivity index (χ2n) is 7.10. The van der Waals surface area contributed by atoms with E-state index in [1.807, 2.05) is 65.6 Å². The number of likely N-dealkylation sites (tertiary alicyclic amines) is 2. The highest BCUT2D eigenvalue weighted by Gasteiger charge is 2.43. The first kappa shape index (κ1) is 16.6. The summed E-state index contributed by atoms with van der Waals surface area (Å²) in [6.07, 6.45) is 1.71. The van der Waals surface area contributed by atoms with Crippen LogP contribution in [0.15, 0.2) is 60.7 Å². The maximum atomic E-state index is 13.0. The monoisotopic (exact) mass is 349 g/mol. The molecule has 1 N–H and O–H groups in total. The minimum absolute atomic E-state index is 0.0630. The molecule has 2 aromatic carbocycles. The topological polar surface area (TPSA) is 52.7 Å². The van der Waals surface area contributed by atoms with Gasteiger partial charge in [-0.3, -0.25) is 4.79 Å². The molecule has 0 aliphatic carbocycles. The van der Waals surface area contributed by atoms with Crippen molar-refractivity contribution in [1.29, 1.82) is 0 Å². The minimum Gasteiger partial charge on any atom is -0.336 e. The molecule has 3 amide bonds. The molecule has 2 aliphatic rings. The van der Waals surface area contributed by atoms with Gasteiger partial charge in [0.2, 0.25) is 5.91 Å². The molecule has 2 atom stereocenters. The van der Waals surface area contributed by atoms with Crippen LogP contribution < -0.4 is 5.32 Å². The molecule has 2 aromatic rings.